The second-order valence-corrected chi connectivity index (χ2v) is 3.54. The molecule has 6 heteroatoms. The molecule has 1 aromatic carbocycles. The van der Waals surface area contributed by atoms with Crippen molar-refractivity contribution < 1.29 is 14.1 Å². The van der Waals surface area contributed by atoms with Crippen LogP contribution in [0.1, 0.15) is 11.1 Å². The van der Waals surface area contributed by atoms with Crippen molar-refractivity contribution >= 4 is 18.9 Å². The molecule has 0 spiro atoms. The molecule has 5 nitrogen and oxygen atoms in total. The molecule has 0 atom stereocenters. The first-order chi connectivity index (χ1) is 8.17. The summed E-state index contributed by atoms with van der Waals surface area (Å²) in [7, 11) is -0.442. The van der Waals surface area contributed by atoms with E-state index >= 15 is 0 Å². The number of phenolic OH excluding ortho intramolecular Hbond substituents is 1. The molecule has 1 heterocycles. The van der Waals surface area contributed by atoms with Gasteiger partial charge < -0.3 is 0 Å². The molecule has 0 aliphatic carbocycles. The fourth-order valence-electron chi connectivity index (χ4n) is 1.45. The average molecular weight is 245 g/mol. The quantitative estimate of drug-likeness (QED) is 0.565. The van der Waals surface area contributed by atoms with E-state index in [4.69, 9.17) is 9.68 Å². The molecule has 1 aromatic heterocycles. The summed E-state index contributed by atoms with van der Waals surface area (Å²) in [6, 6.07) is 5.75. The predicted octanol–water partition coefficient (Wildman–Crippen LogP) is 1.97. The molecule has 0 unspecified atom stereocenters. The van der Waals surface area contributed by atoms with E-state index in [0.29, 0.717) is 5.39 Å². The number of hydrogen-bond donors (Lipinski definition) is 1. The van der Waals surface area contributed by atoms with Crippen molar-refractivity contribution in [3.63, 3.8) is 0 Å². The van der Waals surface area contributed by atoms with E-state index in [0.717, 1.165) is 0 Å². The van der Waals surface area contributed by atoms with Gasteiger partial charge in [0, 0.05) is 0 Å². The number of nitrogens with zero attached hydrogens (tertiary/aromatic N) is 1. The Bertz CT molecular complexity index is 811. The van der Waals surface area contributed by atoms with Gasteiger partial charge in [-0.1, -0.05) is 0 Å². The molecule has 0 fully saturated rings. The standard InChI is InChI=1S/C11H4NO4P/c12-4-8-9(5-17-15)7-2-1-6(13)3-10(7)16-11(8)14/h1-3,13H. The first kappa shape index (κ1) is 11.2. The van der Waals surface area contributed by atoms with Crippen LogP contribution in [0, 0.1) is 17.0 Å². The molecule has 0 amide bonds. The number of rotatable bonds is 0. The molecule has 0 aliphatic heterocycles. The van der Waals surface area contributed by atoms with Gasteiger partial charge >= 0.3 is 95.4 Å². The van der Waals surface area contributed by atoms with Crippen LogP contribution < -0.4 is 5.63 Å². The van der Waals surface area contributed by atoms with Crippen molar-refractivity contribution in [1.29, 1.82) is 5.26 Å². The Morgan fingerprint density at radius 2 is 2.12 bits per heavy atom. The average Bonchev–Trinajstić information content (AvgIpc) is 2.29. The fraction of sp³-hybridized carbons (Fsp3) is 0. The zero-order valence-corrected chi connectivity index (χ0v) is 9.19. The number of aromatic hydroxyl groups is 1. The predicted molar refractivity (Wildman–Crippen MR) is 59.5 cm³/mol. The van der Waals surface area contributed by atoms with Crippen molar-refractivity contribution in [1.82, 2.24) is 0 Å². The van der Waals surface area contributed by atoms with Crippen LogP contribution in [0.2, 0.25) is 0 Å². The van der Waals surface area contributed by atoms with Crippen LogP contribution in [0.5, 0.6) is 5.75 Å². The first-order valence-corrected chi connectivity index (χ1v) is 5.27. The Morgan fingerprint density at radius 1 is 1.35 bits per heavy atom. The maximum atomic E-state index is 11.5. The van der Waals surface area contributed by atoms with Gasteiger partial charge in [-0.25, -0.2) is 0 Å². The summed E-state index contributed by atoms with van der Waals surface area (Å²) in [6.07, 6.45) is 0. The minimum absolute atomic E-state index is 0.0732. The van der Waals surface area contributed by atoms with Gasteiger partial charge in [0.2, 0.25) is 0 Å². The van der Waals surface area contributed by atoms with Crippen LogP contribution >= 0.6 is 7.92 Å². The fourth-order valence-corrected chi connectivity index (χ4v) is 1.78. The molecule has 0 aliphatic rings. The van der Waals surface area contributed by atoms with Crippen LogP contribution in [0.15, 0.2) is 27.4 Å². The summed E-state index contributed by atoms with van der Waals surface area (Å²) in [5.74, 6) is -0.0732. The van der Waals surface area contributed by atoms with Crippen molar-refractivity contribution in [3.8, 4) is 17.4 Å². The first-order valence-electron chi connectivity index (χ1n) is 4.45. The van der Waals surface area contributed by atoms with E-state index in [1.54, 1.807) is 6.07 Å². The Labute approximate surface area is 96.0 Å². The van der Waals surface area contributed by atoms with E-state index < -0.39 is 13.5 Å². The molecular formula is C11H4NO4P. The van der Waals surface area contributed by atoms with E-state index in [9.17, 15) is 14.5 Å². The van der Waals surface area contributed by atoms with Crippen molar-refractivity contribution in [3.05, 3.63) is 39.7 Å². The number of fused-ring (bicyclic) bond motifs is 1. The van der Waals surface area contributed by atoms with Crippen LogP contribution in [0.3, 0.4) is 0 Å². The van der Waals surface area contributed by atoms with Gasteiger partial charge in [0.15, 0.2) is 0 Å². The zero-order chi connectivity index (χ0) is 12.4. The molecule has 0 radical (unpaired) electrons. The van der Waals surface area contributed by atoms with Crippen LogP contribution in [-0.4, -0.2) is 5.11 Å². The molecule has 0 saturated carbocycles. The number of phenols is 1. The molecule has 2 rings (SSSR count). The molecule has 17 heavy (non-hydrogen) atoms. The SMILES string of the molecule is N#Cc1c(C#P=O)c2ccc(O)cc2oc1=O. The Morgan fingerprint density at radius 3 is 2.76 bits per heavy atom. The molecule has 0 saturated heterocycles. The van der Waals surface area contributed by atoms with Gasteiger partial charge in [0.25, 0.3) is 0 Å². The molecule has 2 aromatic rings. The minimum atomic E-state index is -0.850. The van der Waals surface area contributed by atoms with E-state index in [1.807, 2.05) is 0 Å². The third-order valence-corrected chi connectivity index (χ3v) is 2.48. The number of benzene rings is 1. The normalized spacial score (nSPS) is 9.59. The number of nitriles is 1. The van der Waals surface area contributed by atoms with Gasteiger partial charge in [-0.05, 0) is 0 Å². The maximum absolute atomic E-state index is 11.5. The Hall–Kier alpha value is -2.27. The second kappa shape index (κ2) is 4.31. The Kier molecular flexibility index (Phi) is 2.84. The zero-order valence-electron chi connectivity index (χ0n) is 8.30. The summed E-state index contributed by atoms with van der Waals surface area (Å²) in [5.41, 5.74) is 1.51. The summed E-state index contributed by atoms with van der Waals surface area (Å²) in [6.45, 7) is 0. The van der Waals surface area contributed by atoms with Gasteiger partial charge in [0.05, 0.1) is 0 Å². The molecule has 82 valence electrons. The summed E-state index contributed by atoms with van der Waals surface area (Å²) >= 11 is 0. The third kappa shape index (κ3) is 1.88. The second-order valence-electron chi connectivity index (χ2n) is 3.13. The van der Waals surface area contributed by atoms with Crippen LogP contribution in [0.4, 0.5) is 0 Å². The summed E-state index contributed by atoms with van der Waals surface area (Å²) in [5, 5.41) is 18.5. The van der Waals surface area contributed by atoms with Crippen molar-refractivity contribution in [2.75, 3.05) is 0 Å². The van der Waals surface area contributed by atoms with Gasteiger partial charge in [-0.2, -0.15) is 0 Å². The van der Waals surface area contributed by atoms with Crippen molar-refractivity contribution in [2.45, 2.75) is 0 Å². The van der Waals surface area contributed by atoms with Gasteiger partial charge in [-0.3, -0.25) is 0 Å². The molecular weight excluding hydrogens is 241 g/mol. The summed E-state index contributed by atoms with van der Waals surface area (Å²) in [4.78, 5) is 11.5. The van der Waals surface area contributed by atoms with Gasteiger partial charge in [0.1, 0.15) is 0 Å². The van der Waals surface area contributed by atoms with E-state index in [2.05, 4.69) is 5.63 Å². The molecule has 1 N–H and O–H groups in total. The third-order valence-electron chi connectivity index (χ3n) is 2.16. The topological polar surface area (TPSA) is 91.3 Å². The van der Waals surface area contributed by atoms with E-state index in [-0.39, 0.29) is 22.5 Å². The van der Waals surface area contributed by atoms with Gasteiger partial charge in [-0.15, -0.1) is 0 Å². The van der Waals surface area contributed by atoms with Crippen LogP contribution in [0.25, 0.3) is 11.0 Å². The summed E-state index contributed by atoms with van der Waals surface area (Å²) < 4.78 is 15.4. The Balaban J connectivity index is 3.08. The van der Waals surface area contributed by atoms with E-state index in [1.165, 1.54) is 18.2 Å². The number of hydrogen-bond acceptors (Lipinski definition) is 5. The van der Waals surface area contributed by atoms with Crippen molar-refractivity contribution in [2.24, 2.45) is 0 Å². The molecule has 0 bridgehead atoms. The van der Waals surface area contributed by atoms with Crippen LogP contribution in [-0.2, 0) is 4.57 Å². The monoisotopic (exact) mass is 245 g/mol.